The molecule has 9 aromatic carbocycles. The first-order chi connectivity index (χ1) is 25.3. The Hall–Kier alpha value is -6.57. The standard InChI is InChI=1S/C50H31N/c1-2-10-31(11-3-1)32-18-21-34(22-19-32)49-39-14-6-8-16-41(39)50(42-17-9-7-15-40(42)49)37-25-24-36-29-47-44(43(36)28-37)30-45-46(51-47)27-26-35-23-20-33-12-4-5-13-38(33)48(35)45/h1-28,30H,29H2. The zero-order chi connectivity index (χ0) is 33.5. The van der Waals surface area contributed by atoms with Gasteiger partial charge in [-0.3, -0.25) is 4.98 Å². The monoisotopic (exact) mass is 645 g/mol. The average molecular weight is 646 g/mol. The smallest absolute Gasteiger partial charge is 0.0712 e. The van der Waals surface area contributed by atoms with Crippen LogP contribution in [0.1, 0.15) is 11.3 Å². The SMILES string of the molecule is c1ccc(-c2ccc(-c3c4ccccc4c(-c4ccc5c(c4)-c4cc6c(ccc7ccc8ccccc8c76)nc4C5)c4ccccc34)cc2)cc1. The molecule has 11 rings (SSSR count). The number of rotatable bonds is 3. The third-order valence-corrected chi connectivity index (χ3v) is 11.0. The van der Waals surface area contributed by atoms with Crippen LogP contribution in [0.25, 0.3) is 98.5 Å². The van der Waals surface area contributed by atoms with Crippen molar-refractivity contribution in [3.8, 4) is 44.5 Å². The summed E-state index contributed by atoms with van der Waals surface area (Å²) in [5.74, 6) is 0. The predicted molar refractivity (Wildman–Crippen MR) is 216 cm³/mol. The summed E-state index contributed by atoms with van der Waals surface area (Å²) < 4.78 is 0. The van der Waals surface area contributed by atoms with E-state index in [1.54, 1.807) is 0 Å². The highest BCUT2D eigenvalue weighted by molar-refractivity contribution is 6.22. The second kappa shape index (κ2) is 11.0. The van der Waals surface area contributed by atoms with Crippen molar-refractivity contribution in [1.82, 2.24) is 4.98 Å². The van der Waals surface area contributed by atoms with E-state index in [4.69, 9.17) is 4.98 Å². The van der Waals surface area contributed by atoms with Gasteiger partial charge in [0.25, 0.3) is 0 Å². The van der Waals surface area contributed by atoms with Crippen molar-refractivity contribution < 1.29 is 0 Å². The molecule has 51 heavy (non-hydrogen) atoms. The first-order valence-electron chi connectivity index (χ1n) is 17.8. The van der Waals surface area contributed by atoms with Crippen LogP contribution in [0.4, 0.5) is 0 Å². The molecule has 0 N–H and O–H groups in total. The topological polar surface area (TPSA) is 12.9 Å². The highest BCUT2D eigenvalue weighted by atomic mass is 14.7. The zero-order valence-electron chi connectivity index (χ0n) is 27.9. The normalized spacial score (nSPS) is 12.2. The molecule has 0 fully saturated rings. The van der Waals surface area contributed by atoms with E-state index in [1.165, 1.54) is 104 Å². The molecule has 1 heteroatoms. The summed E-state index contributed by atoms with van der Waals surface area (Å²) in [6.45, 7) is 0. The van der Waals surface area contributed by atoms with Crippen molar-refractivity contribution in [3.05, 3.63) is 187 Å². The number of fused-ring (bicyclic) bond motifs is 10. The van der Waals surface area contributed by atoms with Crippen molar-refractivity contribution in [3.63, 3.8) is 0 Å². The van der Waals surface area contributed by atoms with Gasteiger partial charge in [-0.1, -0.05) is 158 Å². The lowest BCUT2D eigenvalue weighted by Crippen LogP contribution is -1.91. The van der Waals surface area contributed by atoms with Crippen LogP contribution in [-0.2, 0) is 6.42 Å². The maximum atomic E-state index is 5.30. The Balaban J connectivity index is 1.12. The largest absolute Gasteiger partial charge is 0.252 e. The second-order valence-electron chi connectivity index (χ2n) is 13.8. The van der Waals surface area contributed by atoms with Gasteiger partial charge in [0.2, 0.25) is 0 Å². The molecule has 1 aliphatic carbocycles. The molecule has 0 radical (unpaired) electrons. The van der Waals surface area contributed by atoms with Crippen LogP contribution in [0.3, 0.4) is 0 Å². The van der Waals surface area contributed by atoms with Gasteiger partial charge in [0.05, 0.1) is 11.2 Å². The fraction of sp³-hybridized carbons (Fsp3) is 0.0200. The van der Waals surface area contributed by atoms with Crippen LogP contribution in [-0.4, -0.2) is 4.98 Å². The Labute approximate surface area is 296 Å². The van der Waals surface area contributed by atoms with Crippen molar-refractivity contribution >= 4 is 54.0 Å². The highest BCUT2D eigenvalue weighted by Gasteiger charge is 2.24. The Morgan fingerprint density at radius 3 is 1.63 bits per heavy atom. The minimum atomic E-state index is 0.855. The van der Waals surface area contributed by atoms with Gasteiger partial charge in [-0.05, 0) is 106 Å². The second-order valence-corrected chi connectivity index (χ2v) is 13.8. The molecule has 1 heterocycles. The fourth-order valence-electron chi connectivity index (χ4n) is 8.69. The number of pyridine rings is 1. The molecule has 0 spiro atoms. The third kappa shape index (κ3) is 4.32. The van der Waals surface area contributed by atoms with Crippen LogP contribution in [0.2, 0.25) is 0 Å². The number of hydrogen-bond donors (Lipinski definition) is 0. The molecular formula is C50H31N. The zero-order valence-corrected chi connectivity index (χ0v) is 27.9. The molecule has 1 aromatic heterocycles. The molecule has 1 aliphatic rings. The molecule has 0 saturated heterocycles. The van der Waals surface area contributed by atoms with Gasteiger partial charge in [0.1, 0.15) is 0 Å². The average Bonchev–Trinajstić information content (AvgIpc) is 3.55. The van der Waals surface area contributed by atoms with E-state index in [0.717, 1.165) is 11.9 Å². The number of hydrogen-bond acceptors (Lipinski definition) is 1. The summed E-state index contributed by atoms with van der Waals surface area (Å²) in [6, 6.07) is 64.7. The Morgan fingerprint density at radius 1 is 0.353 bits per heavy atom. The summed E-state index contributed by atoms with van der Waals surface area (Å²) in [4.78, 5) is 5.30. The van der Waals surface area contributed by atoms with Gasteiger partial charge in [0.15, 0.2) is 0 Å². The van der Waals surface area contributed by atoms with E-state index in [0.29, 0.717) is 0 Å². The van der Waals surface area contributed by atoms with E-state index < -0.39 is 0 Å². The lowest BCUT2D eigenvalue weighted by atomic mass is 9.85. The van der Waals surface area contributed by atoms with Gasteiger partial charge in [-0.15, -0.1) is 0 Å². The fourth-order valence-corrected chi connectivity index (χ4v) is 8.69. The summed E-state index contributed by atoms with van der Waals surface area (Å²) >= 11 is 0. The lowest BCUT2D eigenvalue weighted by molar-refractivity contribution is 1.15. The van der Waals surface area contributed by atoms with Crippen LogP contribution < -0.4 is 0 Å². The first kappa shape index (κ1) is 28.3. The molecule has 0 atom stereocenters. The van der Waals surface area contributed by atoms with Gasteiger partial charge in [0, 0.05) is 17.4 Å². The van der Waals surface area contributed by atoms with E-state index >= 15 is 0 Å². The third-order valence-electron chi connectivity index (χ3n) is 11.0. The quantitative estimate of drug-likeness (QED) is 0.138. The molecule has 0 saturated carbocycles. The summed E-state index contributed by atoms with van der Waals surface area (Å²) in [6.07, 6.45) is 0.855. The van der Waals surface area contributed by atoms with Crippen LogP contribution in [0.15, 0.2) is 176 Å². The van der Waals surface area contributed by atoms with Crippen LogP contribution in [0.5, 0.6) is 0 Å². The minimum Gasteiger partial charge on any atom is -0.252 e. The van der Waals surface area contributed by atoms with E-state index in [-0.39, 0.29) is 0 Å². The molecule has 236 valence electrons. The maximum absolute atomic E-state index is 5.30. The molecule has 0 unspecified atom stereocenters. The van der Waals surface area contributed by atoms with Crippen molar-refractivity contribution in [2.45, 2.75) is 6.42 Å². The molecule has 10 aromatic rings. The minimum absolute atomic E-state index is 0.855. The van der Waals surface area contributed by atoms with Crippen LogP contribution >= 0.6 is 0 Å². The number of nitrogens with zero attached hydrogens (tertiary/aromatic N) is 1. The summed E-state index contributed by atoms with van der Waals surface area (Å²) in [5.41, 5.74) is 13.6. The molecule has 0 bridgehead atoms. The van der Waals surface area contributed by atoms with Gasteiger partial charge < -0.3 is 0 Å². The Bertz CT molecular complexity index is 2970. The van der Waals surface area contributed by atoms with Gasteiger partial charge in [-0.2, -0.15) is 0 Å². The van der Waals surface area contributed by atoms with E-state index in [2.05, 4.69) is 176 Å². The Morgan fingerprint density at radius 2 is 0.902 bits per heavy atom. The van der Waals surface area contributed by atoms with Crippen molar-refractivity contribution in [2.75, 3.05) is 0 Å². The molecule has 0 aliphatic heterocycles. The Kier molecular flexibility index (Phi) is 6.08. The van der Waals surface area contributed by atoms with Gasteiger partial charge in [-0.25, -0.2) is 0 Å². The van der Waals surface area contributed by atoms with Crippen molar-refractivity contribution in [1.29, 1.82) is 0 Å². The maximum Gasteiger partial charge on any atom is 0.0712 e. The van der Waals surface area contributed by atoms with E-state index in [9.17, 15) is 0 Å². The first-order valence-corrected chi connectivity index (χ1v) is 17.8. The lowest BCUT2D eigenvalue weighted by Gasteiger charge is -2.18. The summed E-state index contributed by atoms with van der Waals surface area (Å²) in [7, 11) is 0. The summed E-state index contributed by atoms with van der Waals surface area (Å²) in [5, 5.41) is 11.4. The van der Waals surface area contributed by atoms with E-state index in [1.807, 2.05) is 0 Å². The van der Waals surface area contributed by atoms with Gasteiger partial charge >= 0.3 is 0 Å². The highest BCUT2D eigenvalue weighted by Crippen LogP contribution is 2.47. The number of aromatic nitrogens is 1. The number of benzene rings is 9. The van der Waals surface area contributed by atoms with Crippen LogP contribution in [0, 0.1) is 0 Å². The molecule has 0 amide bonds. The predicted octanol–water partition coefficient (Wildman–Crippen LogP) is 13.4. The van der Waals surface area contributed by atoms with Crippen molar-refractivity contribution in [2.24, 2.45) is 0 Å². The molecular weight excluding hydrogens is 615 g/mol. The molecule has 1 nitrogen and oxygen atoms in total.